The van der Waals surface area contributed by atoms with Gasteiger partial charge in [0.25, 0.3) is 5.56 Å². The second-order valence-corrected chi connectivity index (χ2v) is 9.02. The topological polar surface area (TPSA) is 114 Å². The van der Waals surface area contributed by atoms with Crippen LogP contribution in [0.25, 0.3) is 17.2 Å². The van der Waals surface area contributed by atoms with Crippen molar-refractivity contribution in [2.24, 2.45) is 0 Å². The molecule has 37 heavy (non-hydrogen) atoms. The highest BCUT2D eigenvalue weighted by molar-refractivity contribution is 5.99. The quantitative estimate of drug-likeness (QED) is 0.284. The van der Waals surface area contributed by atoms with Crippen molar-refractivity contribution in [3.05, 3.63) is 82.3 Å². The molecule has 0 saturated carbocycles. The van der Waals surface area contributed by atoms with Crippen molar-refractivity contribution in [1.82, 2.24) is 19.7 Å². The first kappa shape index (κ1) is 24.3. The predicted molar refractivity (Wildman–Crippen MR) is 144 cm³/mol. The number of amides is 2. The summed E-state index contributed by atoms with van der Waals surface area (Å²) >= 11 is 0. The Balaban J connectivity index is 1.40. The number of nitrogens with zero attached hydrogens (tertiary/aromatic N) is 3. The molecule has 0 fully saturated rings. The van der Waals surface area contributed by atoms with Gasteiger partial charge in [0.1, 0.15) is 11.6 Å². The maximum Gasteiger partial charge on any atom is 0.324 e. The minimum Gasteiger partial charge on any atom is -0.494 e. The average molecular weight is 499 g/mol. The van der Waals surface area contributed by atoms with Gasteiger partial charge in [-0.1, -0.05) is 43.7 Å². The lowest BCUT2D eigenvalue weighted by Gasteiger charge is -2.15. The molecule has 0 atom stereocenters. The van der Waals surface area contributed by atoms with Crippen molar-refractivity contribution >= 4 is 17.5 Å². The standard InChI is InChI=1S/C28H30N6O3/c1-2-3-17-37-21-15-13-20(14-16-21)29-28(36)31-25-18-24(19-9-5-4-6-10-19)33-34(25)27-30-23-12-8-7-11-22(23)26(35)32-27/h4-6,9-10,13-16,18H,2-3,7-8,11-12,17H2,1H3,(H2,29,31,36)(H,30,32,35). The van der Waals surface area contributed by atoms with E-state index in [4.69, 9.17) is 9.72 Å². The summed E-state index contributed by atoms with van der Waals surface area (Å²) in [6.07, 6.45) is 5.51. The molecule has 9 nitrogen and oxygen atoms in total. The number of hydrogen-bond donors (Lipinski definition) is 3. The minimum absolute atomic E-state index is 0.159. The van der Waals surface area contributed by atoms with E-state index in [-0.39, 0.29) is 11.5 Å². The van der Waals surface area contributed by atoms with E-state index in [1.807, 2.05) is 42.5 Å². The second-order valence-electron chi connectivity index (χ2n) is 9.02. The van der Waals surface area contributed by atoms with E-state index in [0.29, 0.717) is 23.8 Å². The number of ether oxygens (including phenoxy) is 1. The molecule has 1 aliphatic carbocycles. The number of carbonyl (C=O) groups is 1. The molecular formula is C28H30N6O3. The summed E-state index contributed by atoms with van der Waals surface area (Å²) in [5.74, 6) is 1.42. The van der Waals surface area contributed by atoms with Crippen LogP contribution in [0.4, 0.5) is 16.3 Å². The first-order valence-corrected chi connectivity index (χ1v) is 12.7. The van der Waals surface area contributed by atoms with Crippen LogP contribution in [0.3, 0.4) is 0 Å². The SMILES string of the molecule is CCCCOc1ccc(NC(=O)Nc2cc(-c3ccccc3)nn2-c2nc3c(c(=O)[nH]2)CCCC3)cc1. The largest absolute Gasteiger partial charge is 0.494 e. The van der Waals surface area contributed by atoms with E-state index in [9.17, 15) is 9.59 Å². The maximum atomic E-state index is 12.9. The molecule has 3 N–H and O–H groups in total. The number of benzene rings is 2. The molecule has 1 aliphatic rings. The van der Waals surface area contributed by atoms with Crippen LogP contribution < -0.4 is 20.9 Å². The van der Waals surface area contributed by atoms with Crippen LogP contribution in [-0.2, 0) is 12.8 Å². The van der Waals surface area contributed by atoms with Crippen molar-refractivity contribution in [2.45, 2.75) is 45.4 Å². The molecule has 4 aromatic rings. The Hall–Kier alpha value is -4.40. The molecule has 2 aromatic carbocycles. The Morgan fingerprint density at radius 1 is 1.05 bits per heavy atom. The molecule has 2 amide bonds. The van der Waals surface area contributed by atoms with Gasteiger partial charge in [0.05, 0.1) is 18.0 Å². The van der Waals surface area contributed by atoms with Crippen molar-refractivity contribution in [2.75, 3.05) is 17.2 Å². The first-order chi connectivity index (χ1) is 18.1. The lowest BCUT2D eigenvalue weighted by atomic mass is 9.97. The summed E-state index contributed by atoms with van der Waals surface area (Å²) < 4.78 is 7.16. The van der Waals surface area contributed by atoms with Crippen LogP contribution in [0.15, 0.2) is 65.5 Å². The monoisotopic (exact) mass is 498 g/mol. The smallest absolute Gasteiger partial charge is 0.324 e. The summed E-state index contributed by atoms with van der Waals surface area (Å²) in [6.45, 7) is 2.78. The van der Waals surface area contributed by atoms with Gasteiger partial charge in [-0.15, -0.1) is 0 Å². The summed E-state index contributed by atoms with van der Waals surface area (Å²) in [6, 6.07) is 18.2. The van der Waals surface area contributed by atoms with Gasteiger partial charge in [-0.05, 0) is 56.4 Å². The van der Waals surface area contributed by atoms with E-state index < -0.39 is 6.03 Å². The van der Waals surface area contributed by atoms with E-state index in [0.717, 1.165) is 61.1 Å². The fourth-order valence-corrected chi connectivity index (χ4v) is 4.32. The highest BCUT2D eigenvalue weighted by Gasteiger charge is 2.20. The zero-order chi connectivity index (χ0) is 25.6. The number of unbranched alkanes of at least 4 members (excludes halogenated alkanes) is 1. The van der Waals surface area contributed by atoms with E-state index in [1.54, 1.807) is 18.2 Å². The van der Waals surface area contributed by atoms with Crippen molar-refractivity contribution < 1.29 is 9.53 Å². The minimum atomic E-state index is -0.444. The number of fused-ring (bicyclic) bond motifs is 1. The molecule has 0 bridgehead atoms. The van der Waals surface area contributed by atoms with Gasteiger partial charge in [-0.2, -0.15) is 9.78 Å². The number of aromatic nitrogens is 4. The zero-order valence-electron chi connectivity index (χ0n) is 20.8. The molecule has 0 unspecified atom stereocenters. The highest BCUT2D eigenvalue weighted by Crippen LogP contribution is 2.25. The Morgan fingerprint density at radius 2 is 1.84 bits per heavy atom. The van der Waals surface area contributed by atoms with Crippen LogP contribution in [-0.4, -0.2) is 32.4 Å². The second kappa shape index (κ2) is 11.1. The number of aryl methyl sites for hydroxylation is 1. The van der Waals surface area contributed by atoms with Crippen LogP contribution >= 0.6 is 0 Å². The van der Waals surface area contributed by atoms with Crippen LogP contribution in [0, 0.1) is 0 Å². The average Bonchev–Trinajstić information content (AvgIpc) is 3.34. The Kier molecular flexibility index (Phi) is 7.30. The number of aromatic amines is 1. The molecule has 5 rings (SSSR count). The molecule has 0 saturated heterocycles. The molecule has 0 radical (unpaired) electrons. The van der Waals surface area contributed by atoms with Gasteiger partial charge >= 0.3 is 6.03 Å². The molecule has 2 aromatic heterocycles. The lowest BCUT2D eigenvalue weighted by Crippen LogP contribution is -2.25. The van der Waals surface area contributed by atoms with Crippen LogP contribution in [0.5, 0.6) is 5.75 Å². The van der Waals surface area contributed by atoms with Crippen molar-refractivity contribution in [3.63, 3.8) is 0 Å². The molecular weight excluding hydrogens is 468 g/mol. The van der Waals surface area contributed by atoms with Crippen molar-refractivity contribution in [1.29, 1.82) is 0 Å². The van der Waals surface area contributed by atoms with Gasteiger partial charge in [0.15, 0.2) is 0 Å². The first-order valence-electron chi connectivity index (χ1n) is 12.7. The fourth-order valence-electron chi connectivity index (χ4n) is 4.32. The number of nitrogens with one attached hydrogen (secondary N) is 3. The summed E-state index contributed by atoms with van der Waals surface area (Å²) in [7, 11) is 0. The van der Waals surface area contributed by atoms with Gasteiger partial charge in [0.2, 0.25) is 5.95 Å². The summed E-state index contributed by atoms with van der Waals surface area (Å²) in [5.41, 5.74) is 3.51. The fraction of sp³-hybridized carbons (Fsp3) is 0.286. The van der Waals surface area contributed by atoms with Crippen LogP contribution in [0.1, 0.15) is 43.9 Å². The maximum absolute atomic E-state index is 12.9. The van der Waals surface area contributed by atoms with Gasteiger partial charge in [0, 0.05) is 22.9 Å². The Bertz CT molecular complexity index is 1430. The Labute approximate surface area is 214 Å². The predicted octanol–water partition coefficient (Wildman–Crippen LogP) is 5.32. The normalized spacial score (nSPS) is 12.6. The lowest BCUT2D eigenvalue weighted by molar-refractivity contribution is 0.262. The van der Waals surface area contributed by atoms with E-state index in [2.05, 4.69) is 27.6 Å². The number of hydrogen-bond acceptors (Lipinski definition) is 5. The molecule has 9 heteroatoms. The number of anilines is 2. The number of carbonyl (C=O) groups excluding carboxylic acids is 1. The third kappa shape index (κ3) is 5.72. The highest BCUT2D eigenvalue weighted by atomic mass is 16.5. The van der Waals surface area contributed by atoms with Crippen molar-refractivity contribution in [3.8, 4) is 23.0 Å². The summed E-state index contributed by atoms with van der Waals surface area (Å²) in [4.78, 5) is 33.3. The van der Waals surface area contributed by atoms with Gasteiger partial charge in [-0.25, -0.2) is 9.78 Å². The molecule has 2 heterocycles. The molecule has 0 spiro atoms. The van der Waals surface area contributed by atoms with E-state index >= 15 is 0 Å². The van der Waals surface area contributed by atoms with E-state index in [1.165, 1.54) is 4.68 Å². The zero-order valence-corrected chi connectivity index (χ0v) is 20.8. The third-order valence-electron chi connectivity index (χ3n) is 6.28. The Morgan fingerprint density at radius 3 is 2.62 bits per heavy atom. The number of rotatable bonds is 8. The third-order valence-corrected chi connectivity index (χ3v) is 6.28. The summed E-state index contributed by atoms with van der Waals surface area (Å²) in [5, 5.41) is 10.4. The molecule has 0 aliphatic heterocycles. The van der Waals surface area contributed by atoms with Gasteiger partial charge < -0.3 is 10.1 Å². The van der Waals surface area contributed by atoms with Crippen LogP contribution in [0.2, 0.25) is 0 Å². The van der Waals surface area contributed by atoms with Gasteiger partial charge in [-0.3, -0.25) is 15.1 Å². The number of H-pyrrole nitrogens is 1. The number of urea groups is 1. The molecule has 190 valence electrons.